The summed E-state index contributed by atoms with van der Waals surface area (Å²) in [4.78, 5) is 0. The van der Waals surface area contributed by atoms with Crippen LogP contribution in [0.4, 0.5) is 5.82 Å². The number of nitrogen functional groups attached to an aromatic ring is 1. The van der Waals surface area contributed by atoms with E-state index in [4.69, 9.17) is 17.3 Å². The van der Waals surface area contributed by atoms with E-state index in [2.05, 4.69) is 24.2 Å². The van der Waals surface area contributed by atoms with Crippen molar-refractivity contribution < 1.29 is 0 Å². The Morgan fingerprint density at radius 2 is 1.62 bits per heavy atom. The summed E-state index contributed by atoms with van der Waals surface area (Å²) in [6.45, 7) is 2.07. The highest BCUT2D eigenvalue weighted by Gasteiger charge is 2.19. The molecule has 0 amide bonds. The fourth-order valence-corrected chi connectivity index (χ4v) is 2.72. The second kappa shape index (κ2) is 5.26. The molecule has 0 saturated carbocycles. The van der Waals surface area contributed by atoms with Crippen molar-refractivity contribution in [3.8, 4) is 22.4 Å². The van der Waals surface area contributed by atoms with Crippen molar-refractivity contribution in [3.63, 3.8) is 0 Å². The van der Waals surface area contributed by atoms with Gasteiger partial charge in [0, 0.05) is 12.6 Å². The van der Waals surface area contributed by atoms with Gasteiger partial charge in [-0.05, 0) is 24.1 Å². The number of rotatable bonds is 2. The lowest BCUT2D eigenvalue weighted by molar-refractivity contribution is 0.782. The molecule has 1 heterocycles. The number of hydrogen-bond donors (Lipinski definition) is 1. The molecule has 0 aliphatic heterocycles. The first-order chi connectivity index (χ1) is 10.1. The summed E-state index contributed by atoms with van der Waals surface area (Å²) in [6, 6.07) is 15.8. The lowest BCUT2D eigenvalue weighted by Gasteiger charge is -2.08. The molecule has 3 aromatic rings. The number of aryl methyl sites for hydroxylation is 2. The van der Waals surface area contributed by atoms with Crippen molar-refractivity contribution in [3.05, 3.63) is 59.1 Å². The van der Waals surface area contributed by atoms with Crippen LogP contribution in [-0.2, 0) is 7.05 Å². The van der Waals surface area contributed by atoms with Gasteiger partial charge in [-0.15, -0.1) is 0 Å². The molecule has 0 saturated heterocycles. The van der Waals surface area contributed by atoms with Crippen LogP contribution >= 0.6 is 11.6 Å². The van der Waals surface area contributed by atoms with Crippen molar-refractivity contribution in [1.29, 1.82) is 0 Å². The molecule has 4 heteroatoms. The molecule has 106 valence electrons. The molecule has 3 nitrogen and oxygen atoms in total. The molecule has 2 N–H and O–H groups in total. The summed E-state index contributed by atoms with van der Waals surface area (Å²) >= 11 is 6.33. The second-order valence-electron chi connectivity index (χ2n) is 5.03. The van der Waals surface area contributed by atoms with E-state index >= 15 is 0 Å². The lowest BCUT2D eigenvalue weighted by atomic mass is 9.97. The van der Waals surface area contributed by atoms with Crippen molar-refractivity contribution >= 4 is 17.4 Å². The number of aromatic nitrogens is 2. The van der Waals surface area contributed by atoms with Gasteiger partial charge in [0.15, 0.2) is 0 Å². The topological polar surface area (TPSA) is 43.8 Å². The van der Waals surface area contributed by atoms with Crippen LogP contribution in [0.25, 0.3) is 22.4 Å². The molecule has 0 aliphatic carbocycles. The van der Waals surface area contributed by atoms with Crippen molar-refractivity contribution in [2.24, 2.45) is 7.05 Å². The predicted molar refractivity (Wildman–Crippen MR) is 88.2 cm³/mol. The molecule has 21 heavy (non-hydrogen) atoms. The van der Waals surface area contributed by atoms with Gasteiger partial charge in [-0.3, -0.25) is 4.68 Å². The number of hydrogen-bond acceptors (Lipinski definition) is 2. The standard InChI is InChI=1S/C17H16ClN3/c1-11-7-3-4-8-12(11)15-16(20-21(2)17(15)19)13-9-5-6-10-14(13)18/h3-10H,19H2,1-2H3. The minimum Gasteiger partial charge on any atom is -0.383 e. The third-order valence-electron chi connectivity index (χ3n) is 3.63. The minimum absolute atomic E-state index is 0.638. The maximum atomic E-state index is 6.33. The van der Waals surface area contributed by atoms with E-state index in [0.717, 1.165) is 27.9 Å². The molecular weight excluding hydrogens is 282 g/mol. The average Bonchev–Trinajstić information content (AvgIpc) is 2.76. The molecule has 0 spiro atoms. The van der Waals surface area contributed by atoms with Gasteiger partial charge in [0.1, 0.15) is 11.5 Å². The van der Waals surface area contributed by atoms with E-state index in [0.29, 0.717) is 10.8 Å². The summed E-state index contributed by atoms with van der Waals surface area (Å²) in [6.07, 6.45) is 0. The quantitative estimate of drug-likeness (QED) is 0.766. The highest BCUT2D eigenvalue weighted by atomic mass is 35.5. The summed E-state index contributed by atoms with van der Waals surface area (Å²) in [5, 5.41) is 5.24. The Labute approximate surface area is 129 Å². The van der Waals surface area contributed by atoms with E-state index in [1.54, 1.807) is 4.68 Å². The highest BCUT2D eigenvalue weighted by Crippen LogP contribution is 2.39. The van der Waals surface area contributed by atoms with E-state index < -0.39 is 0 Å². The van der Waals surface area contributed by atoms with E-state index in [-0.39, 0.29) is 0 Å². The Kier molecular flexibility index (Phi) is 3.43. The average molecular weight is 298 g/mol. The number of nitrogens with zero attached hydrogens (tertiary/aromatic N) is 2. The summed E-state index contributed by atoms with van der Waals surface area (Å²) in [5.74, 6) is 0.638. The first-order valence-corrected chi connectivity index (χ1v) is 7.10. The fraction of sp³-hybridized carbons (Fsp3) is 0.118. The first-order valence-electron chi connectivity index (χ1n) is 6.73. The number of anilines is 1. The maximum absolute atomic E-state index is 6.33. The number of halogens is 1. The zero-order chi connectivity index (χ0) is 15.0. The molecule has 0 unspecified atom stereocenters. The van der Waals surface area contributed by atoms with Gasteiger partial charge in [0.25, 0.3) is 0 Å². The molecule has 1 aromatic heterocycles. The van der Waals surface area contributed by atoms with Crippen LogP contribution in [0.1, 0.15) is 5.56 Å². The van der Waals surface area contributed by atoms with Crippen LogP contribution in [0.2, 0.25) is 5.02 Å². The largest absolute Gasteiger partial charge is 0.383 e. The van der Waals surface area contributed by atoms with Crippen LogP contribution in [0.5, 0.6) is 0 Å². The van der Waals surface area contributed by atoms with Crippen molar-refractivity contribution in [2.75, 3.05) is 5.73 Å². The zero-order valence-corrected chi connectivity index (χ0v) is 12.7. The van der Waals surface area contributed by atoms with Crippen LogP contribution in [0, 0.1) is 6.92 Å². The Hall–Kier alpha value is -2.26. The minimum atomic E-state index is 0.638. The van der Waals surface area contributed by atoms with E-state index in [1.165, 1.54) is 0 Å². The predicted octanol–water partition coefficient (Wildman–Crippen LogP) is 4.30. The fourth-order valence-electron chi connectivity index (χ4n) is 2.50. The third kappa shape index (κ3) is 2.30. The Morgan fingerprint density at radius 3 is 2.29 bits per heavy atom. The van der Waals surface area contributed by atoms with Gasteiger partial charge < -0.3 is 5.73 Å². The molecule has 0 fully saturated rings. The normalized spacial score (nSPS) is 10.8. The maximum Gasteiger partial charge on any atom is 0.129 e. The van der Waals surface area contributed by atoms with Gasteiger partial charge in [-0.1, -0.05) is 54.1 Å². The van der Waals surface area contributed by atoms with Crippen LogP contribution in [0.3, 0.4) is 0 Å². The van der Waals surface area contributed by atoms with Crippen LogP contribution in [-0.4, -0.2) is 9.78 Å². The molecule has 0 atom stereocenters. The van der Waals surface area contributed by atoms with Gasteiger partial charge in [0.05, 0.1) is 10.6 Å². The lowest BCUT2D eigenvalue weighted by Crippen LogP contribution is -1.98. The Morgan fingerprint density at radius 1 is 1.00 bits per heavy atom. The molecule has 3 rings (SSSR count). The summed E-state index contributed by atoms with van der Waals surface area (Å²) in [5.41, 5.74) is 11.1. The monoisotopic (exact) mass is 297 g/mol. The van der Waals surface area contributed by atoms with Crippen molar-refractivity contribution in [1.82, 2.24) is 9.78 Å². The zero-order valence-electron chi connectivity index (χ0n) is 12.0. The van der Waals surface area contributed by atoms with Gasteiger partial charge in [-0.2, -0.15) is 5.10 Å². The van der Waals surface area contributed by atoms with Crippen LogP contribution < -0.4 is 5.73 Å². The molecular formula is C17H16ClN3. The SMILES string of the molecule is Cc1ccccc1-c1c(-c2ccccc2Cl)nn(C)c1N. The van der Waals surface area contributed by atoms with Gasteiger partial charge >= 0.3 is 0 Å². The second-order valence-corrected chi connectivity index (χ2v) is 5.43. The van der Waals surface area contributed by atoms with Crippen molar-refractivity contribution in [2.45, 2.75) is 6.92 Å². The third-order valence-corrected chi connectivity index (χ3v) is 3.96. The van der Waals surface area contributed by atoms with E-state index in [1.807, 2.05) is 43.4 Å². The van der Waals surface area contributed by atoms with Crippen LogP contribution in [0.15, 0.2) is 48.5 Å². The van der Waals surface area contributed by atoms with Gasteiger partial charge in [-0.25, -0.2) is 0 Å². The molecule has 0 radical (unpaired) electrons. The summed E-state index contributed by atoms with van der Waals surface area (Å²) in [7, 11) is 1.84. The number of nitrogens with two attached hydrogens (primary N) is 1. The Bertz CT molecular complexity index is 806. The smallest absolute Gasteiger partial charge is 0.129 e. The molecule has 0 aliphatic rings. The van der Waals surface area contributed by atoms with E-state index in [9.17, 15) is 0 Å². The highest BCUT2D eigenvalue weighted by molar-refractivity contribution is 6.33. The van der Waals surface area contributed by atoms with Gasteiger partial charge in [0.2, 0.25) is 0 Å². The number of benzene rings is 2. The molecule has 2 aromatic carbocycles. The first kappa shape index (κ1) is 13.7. The summed E-state index contributed by atoms with van der Waals surface area (Å²) < 4.78 is 1.69. The molecule has 0 bridgehead atoms. The Balaban J connectivity index is 2.32.